The van der Waals surface area contributed by atoms with E-state index in [4.69, 9.17) is 5.73 Å². The second-order valence-electron chi connectivity index (χ2n) is 4.80. The smallest absolute Gasteiger partial charge is 0.225 e. The van der Waals surface area contributed by atoms with E-state index in [2.05, 4.69) is 10.4 Å². The van der Waals surface area contributed by atoms with Crippen LogP contribution in [0.5, 0.6) is 0 Å². The van der Waals surface area contributed by atoms with Gasteiger partial charge in [0.2, 0.25) is 5.91 Å². The van der Waals surface area contributed by atoms with Crippen LogP contribution >= 0.6 is 12.4 Å². The molecule has 2 atom stereocenters. The molecule has 1 amide bonds. The highest BCUT2D eigenvalue weighted by atomic mass is 35.5. The average Bonchev–Trinajstić information content (AvgIpc) is 2.68. The number of nitrogens with zero attached hydrogens (tertiary/aromatic N) is 2. The highest BCUT2D eigenvalue weighted by Gasteiger charge is 2.24. The Labute approximate surface area is 114 Å². The van der Waals surface area contributed by atoms with Crippen LogP contribution < -0.4 is 11.1 Å². The summed E-state index contributed by atoms with van der Waals surface area (Å²) in [6.45, 7) is 0. The Morgan fingerprint density at radius 3 is 2.89 bits per heavy atom. The largest absolute Gasteiger partial charge is 0.327 e. The Morgan fingerprint density at radius 1 is 1.56 bits per heavy atom. The summed E-state index contributed by atoms with van der Waals surface area (Å²) in [6.07, 6.45) is 6.69. The number of halogens is 1. The van der Waals surface area contributed by atoms with E-state index in [9.17, 15) is 4.79 Å². The maximum atomic E-state index is 11.9. The van der Waals surface area contributed by atoms with E-state index in [1.807, 2.05) is 7.05 Å². The van der Waals surface area contributed by atoms with Crippen molar-refractivity contribution in [2.75, 3.05) is 5.32 Å². The number of amides is 1. The number of nitrogens with two attached hydrogens (primary N) is 1. The molecular weight excluding hydrogens is 252 g/mol. The van der Waals surface area contributed by atoms with E-state index in [-0.39, 0.29) is 24.4 Å². The molecule has 18 heavy (non-hydrogen) atoms. The van der Waals surface area contributed by atoms with Crippen LogP contribution in [0.4, 0.5) is 5.82 Å². The highest BCUT2D eigenvalue weighted by Crippen LogP contribution is 2.25. The Bertz CT molecular complexity index is 393. The Morgan fingerprint density at radius 2 is 2.28 bits per heavy atom. The molecule has 3 N–H and O–H groups in total. The summed E-state index contributed by atoms with van der Waals surface area (Å²) in [4.78, 5) is 11.9. The van der Waals surface area contributed by atoms with Gasteiger partial charge in [-0.05, 0) is 18.8 Å². The summed E-state index contributed by atoms with van der Waals surface area (Å²) in [5, 5.41) is 6.87. The minimum atomic E-state index is 0. The molecule has 1 aliphatic rings. The zero-order valence-electron chi connectivity index (χ0n) is 10.6. The molecule has 1 aromatic rings. The van der Waals surface area contributed by atoms with Crippen molar-refractivity contribution >= 4 is 24.1 Å². The number of aromatic nitrogens is 2. The second kappa shape index (κ2) is 6.75. The Kier molecular flexibility index (Phi) is 5.62. The van der Waals surface area contributed by atoms with E-state index < -0.39 is 0 Å². The van der Waals surface area contributed by atoms with Gasteiger partial charge in [-0.3, -0.25) is 9.48 Å². The lowest BCUT2D eigenvalue weighted by atomic mass is 9.83. The van der Waals surface area contributed by atoms with Gasteiger partial charge in [-0.15, -0.1) is 12.4 Å². The summed E-state index contributed by atoms with van der Waals surface area (Å²) >= 11 is 0. The molecule has 2 unspecified atom stereocenters. The molecule has 0 radical (unpaired) electrons. The molecule has 0 aromatic carbocycles. The molecule has 1 aliphatic carbocycles. The molecule has 5 nitrogen and oxygen atoms in total. The van der Waals surface area contributed by atoms with Crippen LogP contribution in [0.1, 0.15) is 32.1 Å². The van der Waals surface area contributed by atoms with Gasteiger partial charge in [-0.25, -0.2) is 0 Å². The van der Waals surface area contributed by atoms with Gasteiger partial charge < -0.3 is 11.1 Å². The normalized spacial score (nSPS) is 23.2. The van der Waals surface area contributed by atoms with Crippen LogP contribution in [-0.4, -0.2) is 21.7 Å². The van der Waals surface area contributed by atoms with Crippen molar-refractivity contribution in [1.29, 1.82) is 0 Å². The van der Waals surface area contributed by atoms with E-state index in [1.165, 1.54) is 12.8 Å². The molecule has 0 aliphatic heterocycles. The van der Waals surface area contributed by atoms with Crippen molar-refractivity contribution in [3.8, 4) is 0 Å². The molecule has 2 rings (SSSR count). The summed E-state index contributed by atoms with van der Waals surface area (Å²) in [7, 11) is 1.81. The molecule has 0 bridgehead atoms. The quantitative estimate of drug-likeness (QED) is 0.879. The van der Waals surface area contributed by atoms with Gasteiger partial charge in [0.15, 0.2) is 0 Å². The molecule has 102 valence electrons. The third kappa shape index (κ3) is 3.71. The lowest BCUT2D eigenvalue weighted by Crippen LogP contribution is -2.35. The molecule has 1 heterocycles. The van der Waals surface area contributed by atoms with Crippen LogP contribution in [0.3, 0.4) is 0 Å². The van der Waals surface area contributed by atoms with Gasteiger partial charge in [0.05, 0.1) is 6.20 Å². The van der Waals surface area contributed by atoms with Crippen molar-refractivity contribution in [2.24, 2.45) is 18.7 Å². The third-order valence-corrected chi connectivity index (χ3v) is 3.50. The van der Waals surface area contributed by atoms with Crippen molar-refractivity contribution in [1.82, 2.24) is 9.78 Å². The van der Waals surface area contributed by atoms with E-state index in [0.29, 0.717) is 12.3 Å². The molecule has 1 aromatic heterocycles. The molecular formula is C12H21ClN4O. The number of hydrogen-bond donors (Lipinski definition) is 2. The van der Waals surface area contributed by atoms with Gasteiger partial charge in [0.1, 0.15) is 5.82 Å². The van der Waals surface area contributed by atoms with E-state index in [0.717, 1.165) is 18.7 Å². The van der Waals surface area contributed by atoms with Crippen LogP contribution in [0, 0.1) is 5.92 Å². The number of hydrogen-bond acceptors (Lipinski definition) is 3. The summed E-state index contributed by atoms with van der Waals surface area (Å²) in [5.74, 6) is 1.10. The second-order valence-corrected chi connectivity index (χ2v) is 4.80. The third-order valence-electron chi connectivity index (χ3n) is 3.50. The fourth-order valence-corrected chi connectivity index (χ4v) is 2.42. The fraction of sp³-hybridized carbons (Fsp3) is 0.667. The number of aryl methyl sites for hydroxylation is 1. The molecule has 1 saturated carbocycles. The monoisotopic (exact) mass is 272 g/mol. The molecule has 0 spiro atoms. The molecule has 1 fully saturated rings. The van der Waals surface area contributed by atoms with Crippen molar-refractivity contribution < 1.29 is 4.79 Å². The molecule has 0 saturated heterocycles. The maximum Gasteiger partial charge on any atom is 0.225 e. The first-order valence-corrected chi connectivity index (χ1v) is 6.20. The van der Waals surface area contributed by atoms with E-state index >= 15 is 0 Å². The van der Waals surface area contributed by atoms with Crippen LogP contribution in [0.15, 0.2) is 12.3 Å². The summed E-state index contributed by atoms with van der Waals surface area (Å²) in [5.41, 5.74) is 6.03. The first kappa shape index (κ1) is 15.0. The van der Waals surface area contributed by atoms with Gasteiger partial charge in [0, 0.05) is 25.6 Å². The van der Waals surface area contributed by atoms with Crippen LogP contribution in [0.2, 0.25) is 0 Å². The summed E-state index contributed by atoms with van der Waals surface area (Å²) in [6, 6.07) is 1.97. The fourth-order valence-electron chi connectivity index (χ4n) is 2.42. The Balaban J connectivity index is 0.00000162. The minimum absolute atomic E-state index is 0. The first-order valence-electron chi connectivity index (χ1n) is 6.20. The zero-order chi connectivity index (χ0) is 12.3. The van der Waals surface area contributed by atoms with Crippen molar-refractivity contribution in [3.63, 3.8) is 0 Å². The number of anilines is 1. The maximum absolute atomic E-state index is 11.9. The van der Waals surface area contributed by atoms with Crippen molar-refractivity contribution in [2.45, 2.75) is 38.1 Å². The van der Waals surface area contributed by atoms with Crippen molar-refractivity contribution in [3.05, 3.63) is 12.3 Å². The molecule has 6 heteroatoms. The van der Waals surface area contributed by atoms with Gasteiger partial charge in [0.25, 0.3) is 0 Å². The van der Waals surface area contributed by atoms with Gasteiger partial charge >= 0.3 is 0 Å². The number of carbonyl (C=O) groups excluding carboxylic acids is 1. The SMILES string of the molecule is Cl.Cn1nccc1NC(=O)CC1CCCCC1N. The first-order chi connectivity index (χ1) is 8.16. The minimum Gasteiger partial charge on any atom is -0.327 e. The van der Waals surface area contributed by atoms with Gasteiger partial charge in [-0.1, -0.05) is 12.8 Å². The van der Waals surface area contributed by atoms with E-state index in [1.54, 1.807) is 16.9 Å². The predicted octanol–water partition coefficient (Wildman–Crippen LogP) is 1.69. The highest BCUT2D eigenvalue weighted by molar-refractivity contribution is 5.90. The Hall–Kier alpha value is -1.07. The van der Waals surface area contributed by atoms with Crippen LogP contribution in [0.25, 0.3) is 0 Å². The summed E-state index contributed by atoms with van der Waals surface area (Å²) < 4.78 is 1.65. The lowest BCUT2D eigenvalue weighted by molar-refractivity contribution is -0.117. The average molecular weight is 273 g/mol. The van der Waals surface area contributed by atoms with Crippen LogP contribution in [-0.2, 0) is 11.8 Å². The topological polar surface area (TPSA) is 72.9 Å². The number of rotatable bonds is 3. The standard InChI is InChI=1S/C12H20N4O.ClH/c1-16-11(6-7-14-16)15-12(17)8-9-4-2-3-5-10(9)13;/h6-7,9-10H,2-5,8,13H2,1H3,(H,15,17);1H. The predicted molar refractivity (Wildman–Crippen MR) is 73.6 cm³/mol. The number of nitrogens with one attached hydrogen (secondary N) is 1. The lowest BCUT2D eigenvalue weighted by Gasteiger charge is -2.27. The number of carbonyl (C=O) groups is 1. The van der Waals surface area contributed by atoms with Gasteiger partial charge in [-0.2, -0.15) is 5.10 Å². The zero-order valence-corrected chi connectivity index (χ0v) is 11.4.